The first-order chi connectivity index (χ1) is 18.0. The summed E-state index contributed by atoms with van der Waals surface area (Å²) in [7, 11) is 0. The van der Waals surface area contributed by atoms with Crippen molar-refractivity contribution < 1.29 is 29.4 Å². The second kappa shape index (κ2) is 12.0. The summed E-state index contributed by atoms with van der Waals surface area (Å²) in [5.41, 5.74) is 4.46. The lowest BCUT2D eigenvalue weighted by Crippen LogP contribution is -2.57. The highest BCUT2D eigenvalue weighted by Gasteiger charge is 2.33. The fourth-order valence-corrected chi connectivity index (χ4v) is 3.92. The molecule has 13 heteroatoms. The maximum atomic E-state index is 13.5. The molecule has 2 aromatic carbocycles. The standard InChI is InChI=1S/C25H27N5O8/c1-13(31)20(24(36)37)29-21(33)17(12-19(26)32)27-22(34)18(11-14-7-3-2-4-8-14)30-23(35)15-9-5-6-10-16(15)28-25(30)38/h2-10,13,17-18,20,31H,11-12H2,1H3,(H2,26,32)(H,27,34)(H,28,38)(H,29,33)(H,36,37)/t13-,17-,18-,20-/m0/s1. The second-order valence-electron chi connectivity index (χ2n) is 8.65. The smallest absolute Gasteiger partial charge is 0.329 e. The van der Waals surface area contributed by atoms with Gasteiger partial charge in [0.2, 0.25) is 17.7 Å². The Labute approximate surface area is 215 Å². The zero-order chi connectivity index (χ0) is 28.0. The number of aliphatic hydroxyl groups excluding tert-OH is 1. The predicted molar refractivity (Wildman–Crippen MR) is 135 cm³/mol. The molecule has 3 rings (SSSR count). The van der Waals surface area contributed by atoms with E-state index in [1.54, 1.807) is 42.5 Å². The van der Waals surface area contributed by atoms with Gasteiger partial charge in [0.25, 0.3) is 5.56 Å². The predicted octanol–water partition coefficient (Wildman–Crippen LogP) is -1.22. The van der Waals surface area contributed by atoms with Crippen LogP contribution in [0.1, 0.15) is 24.9 Å². The molecular formula is C25H27N5O8. The topological polar surface area (TPSA) is 214 Å². The highest BCUT2D eigenvalue weighted by Crippen LogP contribution is 2.14. The highest BCUT2D eigenvalue weighted by molar-refractivity contribution is 5.94. The maximum Gasteiger partial charge on any atom is 0.329 e. The number of fused-ring (bicyclic) bond motifs is 1. The third-order valence-corrected chi connectivity index (χ3v) is 5.81. The van der Waals surface area contributed by atoms with Crippen molar-refractivity contribution in [2.45, 2.75) is 44.0 Å². The quantitative estimate of drug-likeness (QED) is 0.178. The Morgan fingerprint density at radius 1 is 0.974 bits per heavy atom. The molecule has 0 aliphatic carbocycles. The second-order valence-corrected chi connectivity index (χ2v) is 8.65. The molecule has 3 amide bonds. The first-order valence-corrected chi connectivity index (χ1v) is 11.6. The van der Waals surface area contributed by atoms with Crippen molar-refractivity contribution in [3.63, 3.8) is 0 Å². The SMILES string of the molecule is C[C@H](O)[C@H](NC(=O)[C@H](CC(N)=O)NC(=O)[C@H](Cc1ccccc1)n1c(=O)[nH]c2ccccc2c1=O)C(=O)O. The van der Waals surface area contributed by atoms with Crippen LogP contribution in [0.4, 0.5) is 0 Å². The van der Waals surface area contributed by atoms with Crippen LogP contribution in [0.25, 0.3) is 10.9 Å². The molecule has 7 N–H and O–H groups in total. The van der Waals surface area contributed by atoms with Gasteiger partial charge in [-0.15, -0.1) is 0 Å². The number of carbonyl (C=O) groups is 4. The summed E-state index contributed by atoms with van der Waals surface area (Å²) < 4.78 is 0.722. The van der Waals surface area contributed by atoms with Crippen LogP contribution in [0, 0.1) is 0 Å². The third kappa shape index (κ3) is 6.50. The minimum absolute atomic E-state index is 0.135. The molecule has 0 radical (unpaired) electrons. The van der Waals surface area contributed by atoms with Gasteiger partial charge in [0.05, 0.1) is 23.4 Å². The normalized spacial score (nSPS) is 14.2. The number of nitrogens with two attached hydrogens (primary N) is 1. The van der Waals surface area contributed by atoms with Crippen LogP contribution in [0.15, 0.2) is 64.2 Å². The van der Waals surface area contributed by atoms with E-state index in [-0.39, 0.29) is 17.3 Å². The molecular weight excluding hydrogens is 498 g/mol. The van der Waals surface area contributed by atoms with Gasteiger partial charge in [-0.05, 0) is 24.6 Å². The number of hydrogen-bond acceptors (Lipinski definition) is 7. The van der Waals surface area contributed by atoms with E-state index in [0.717, 1.165) is 11.5 Å². The van der Waals surface area contributed by atoms with Gasteiger partial charge >= 0.3 is 11.7 Å². The number of rotatable bonds is 11. The average Bonchev–Trinajstić information content (AvgIpc) is 2.86. The molecule has 0 unspecified atom stereocenters. The Kier molecular flexibility index (Phi) is 8.76. The van der Waals surface area contributed by atoms with Crippen molar-refractivity contribution >= 4 is 34.6 Å². The minimum Gasteiger partial charge on any atom is -0.480 e. The summed E-state index contributed by atoms with van der Waals surface area (Å²) in [6.45, 7) is 1.13. The van der Waals surface area contributed by atoms with Crippen LogP contribution < -0.4 is 27.6 Å². The van der Waals surface area contributed by atoms with Crippen molar-refractivity contribution in [1.29, 1.82) is 0 Å². The van der Waals surface area contributed by atoms with E-state index >= 15 is 0 Å². The highest BCUT2D eigenvalue weighted by atomic mass is 16.4. The van der Waals surface area contributed by atoms with E-state index in [1.165, 1.54) is 12.1 Å². The van der Waals surface area contributed by atoms with Gasteiger partial charge in [-0.1, -0.05) is 42.5 Å². The van der Waals surface area contributed by atoms with Crippen LogP contribution in [-0.4, -0.2) is 61.6 Å². The van der Waals surface area contributed by atoms with Crippen molar-refractivity contribution in [2.24, 2.45) is 5.73 Å². The monoisotopic (exact) mass is 525 g/mol. The number of hydrogen-bond donors (Lipinski definition) is 6. The van der Waals surface area contributed by atoms with Gasteiger partial charge in [-0.25, -0.2) is 14.2 Å². The van der Waals surface area contributed by atoms with Gasteiger partial charge in [0.1, 0.15) is 12.1 Å². The third-order valence-electron chi connectivity index (χ3n) is 5.81. The number of carbonyl (C=O) groups excluding carboxylic acids is 3. The van der Waals surface area contributed by atoms with Gasteiger partial charge in [-0.3, -0.25) is 19.2 Å². The summed E-state index contributed by atoms with van der Waals surface area (Å²) in [5, 5.41) is 23.4. The molecule has 13 nitrogen and oxygen atoms in total. The zero-order valence-corrected chi connectivity index (χ0v) is 20.3. The van der Waals surface area contributed by atoms with E-state index in [9.17, 15) is 39.0 Å². The molecule has 4 atom stereocenters. The first kappa shape index (κ1) is 27.8. The molecule has 0 bridgehead atoms. The van der Waals surface area contributed by atoms with E-state index in [1.807, 2.05) is 0 Å². The number of primary amides is 1. The summed E-state index contributed by atoms with van der Waals surface area (Å²) >= 11 is 0. The molecule has 0 saturated heterocycles. The number of aliphatic carboxylic acids is 1. The van der Waals surface area contributed by atoms with Gasteiger partial charge in [-0.2, -0.15) is 0 Å². The molecule has 0 spiro atoms. The number of para-hydroxylation sites is 1. The molecule has 1 aromatic heterocycles. The van der Waals surface area contributed by atoms with Crippen molar-refractivity contribution in [3.05, 3.63) is 81.0 Å². The molecule has 1 heterocycles. The molecule has 0 fully saturated rings. The Bertz CT molecular complexity index is 1460. The molecule has 0 saturated carbocycles. The van der Waals surface area contributed by atoms with Gasteiger partial charge in [0, 0.05) is 6.42 Å². The van der Waals surface area contributed by atoms with E-state index < -0.39 is 65.6 Å². The first-order valence-electron chi connectivity index (χ1n) is 11.6. The Morgan fingerprint density at radius 3 is 2.21 bits per heavy atom. The zero-order valence-electron chi connectivity index (χ0n) is 20.3. The van der Waals surface area contributed by atoms with Crippen LogP contribution >= 0.6 is 0 Å². The number of amides is 3. The Balaban J connectivity index is 2.03. The number of aromatic nitrogens is 2. The Morgan fingerprint density at radius 2 is 1.61 bits per heavy atom. The summed E-state index contributed by atoms with van der Waals surface area (Å²) in [5.74, 6) is -4.62. The van der Waals surface area contributed by atoms with Crippen LogP contribution in [0.5, 0.6) is 0 Å². The molecule has 0 aliphatic rings. The lowest BCUT2D eigenvalue weighted by Gasteiger charge is -2.25. The lowest BCUT2D eigenvalue weighted by molar-refractivity contribution is -0.145. The molecule has 3 aromatic rings. The number of carboxylic acids is 1. The molecule has 200 valence electrons. The summed E-state index contributed by atoms with van der Waals surface area (Å²) in [6, 6.07) is 9.85. The summed E-state index contributed by atoms with van der Waals surface area (Å²) in [6.07, 6.45) is -2.35. The average molecular weight is 526 g/mol. The number of nitrogens with one attached hydrogen (secondary N) is 3. The number of aliphatic hydroxyl groups is 1. The molecule has 38 heavy (non-hydrogen) atoms. The summed E-state index contributed by atoms with van der Waals surface area (Å²) in [4.78, 5) is 78.2. The van der Waals surface area contributed by atoms with Crippen LogP contribution in [0.3, 0.4) is 0 Å². The van der Waals surface area contributed by atoms with E-state index in [4.69, 9.17) is 5.73 Å². The number of carboxylic acid groups (broad SMARTS) is 1. The largest absolute Gasteiger partial charge is 0.480 e. The fraction of sp³-hybridized carbons (Fsp3) is 0.280. The minimum atomic E-state index is -1.74. The van der Waals surface area contributed by atoms with E-state index in [0.29, 0.717) is 5.56 Å². The Hall–Kier alpha value is -4.78. The van der Waals surface area contributed by atoms with Gasteiger partial charge in [0.15, 0.2) is 6.04 Å². The number of H-pyrrole nitrogens is 1. The van der Waals surface area contributed by atoms with Gasteiger partial charge < -0.3 is 31.6 Å². The number of benzene rings is 2. The van der Waals surface area contributed by atoms with Crippen molar-refractivity contribution in [2.75, 3.05) is 0 Å². The van der Waals surface area contributed by atoms with Crippen molar-refractivity contribution in [1.82, 2.24) is 20.2 Å². The maximum absolute atomic E-state index is 13.5. The van der Waals surface area contributed by atoms with Crippen molar-refractivity contribution in [3.8, 4) is 0 Å². The number of nitrogens with zero attached hydrogens (tertiary/aromatic N) is 1. The fourth-order valence-electron chi connectivity index (χ4n) is 3.92. The van der Waals surface area contributed by atoms with Crippen LogP contribution in [-0.2, 0) is 25.6 Å². The number of aromatic amines is 1. The molecule has 0 aliphatic heterocycles. The van der Waals surface area contributed by atoms with Crippen LogP contribution in [0.2, 0.25) is 0 Å². The van der Waals surface area contributed by atoms with E-state index in [2.05, 4.69) is 15.6 Å². The lowest BCUT2D eigenvalue weighted by atomic mass is 10.0.